The van der Waals surface area contributed by atoms with Gasteiger partial charge in [-0.1, -0.05) is 0 Å². The molecule has 2 saturated heterocycles. The van der Waals surface area contributed by atoms with Gasteiger partial charge in [-0.25, -0.2) is 4.98 Å². The molecule has 2 aliphatic heterocycles. The molecule has 0 bridgehead atoms. The summed E-state index contributed by atoms with van der Waals surface area (Å²) in [5.41, 5.74) is 3.59. The molecule has 1 N–H and O–H groups in total. The monoisotopic (exact) mass is 359 g/mol. The van der Waals surface area contributed by atoms with Crippen LogP contribution in [-0.2, 0) is 0 Å². The van der Waals surface area contributed by atoms with Gasteiger partial charge in [-0.05, 0) is 38.2 Å². The highest BCUT2D eigenvalue weighted by atomic mass is 32.1. The third kappa shape index (κ3) is 3.06. The zero-order chi connectivity index (χ0) is 17.4. The van der Waals surface area contributed by atoms with E-state index in [0.717, 1.165) is 31.5 Å². The van der Waals surface area contributed by atoms with Crippen LogP contribution in [0.15, 0.2) is 17.0 Å². The molecular formula is C17H21N5O2S. The molecule has 0 radical (unpaired) electrons. The predicted octanol–water partition coefficient (Wildman–Crippen LogP) is 1.94. The summed E-state index contributed by atoms with van der Waals surface area (Å²) in [6.45, 7) is 4.02. The number of likely N-dealkylation sites (tertiary alicyclic amines) is 2. The van der Waals surface area contributed by atoms with Crippen LogP contribution in [0.3, 0.4) is 0 Å². The fourth-order valence-corrected chi connectivity index (χ4v) is 4.52. The van der Waals surface area contributed by atoms with Crippen molar-refractivity contribution in [3.8, 4) is 0 Å². The number of thiazole rings is 1. The molecule has 4 rings (SSSR count). The smallest absolute Gasteiger partial charge is 0.274 e. The van der Waals surface area contributed by atoms with Crippen molar-refractivity contribution in [3.63, 3.8) is 0 Å². The van der Waals surface area contributed by atoms with Gasteiger partial charge >= 0.3 is 0 Å². The van der Waals surface area contributed by atoms with E-state index in [0.29, 0.717) is 30.4 Å². The van der Waals surface area contributed by atoms with Crippen LogP contribution in [0.4, 0.5) is 0 Å². The molecule has 0 saturated carbocycles. The van der Waals surface area contributed by atoms with Crippen molar-refractivity contribution < 1.29 is 9.59 Å². The van der Waals surface area contributed by atoms with Gasteiger partial charge < -0.3 is 9.80 Å². The fraction of sp³-hybridized carbons (Fsp3) is 0.529. The van der Waals surface area contributed by atoms with Gasteiger partial charge in [-0.3, -0.25) is 14.7 Å². The lowest BCUT2D eigenvalue weighted by Gasteiger charge is -2.46. The highest BCUT2D eigenvalue weighted by Crippen LogP contribution is 2.32. The van der Waals surface area contributed by atoms with Crippen molar-refractivity contribution in [3.05, 3.63) is 34.0 Å². The van der Waals surface area contributed by atoms with Crippen molar-refractivity contribution in [1.29, 1.82) is 0 Å². The summed E-state index contributed by atoms with van der Waals surface area (Å²) >= 11 is 1.44. The Balaban J connectivity index is 1.47. The Hall–Kier alpha value is -2.22. The quantitative estimate of drug-likeness (QED) is 0.888. The first kappa shape index (κ1) is 16.3. The van der Waals surface area contributed by atoms with Gasteiger partial charge in [0.1, 0.15) is 11.4 Å². The van der Waals surface area contributed by atoms with Crippen LogP contribution >= 0.6 is 11.3 Å². The molecule has 0 aromatic carbocycles. The first-order chi connectivity index (χ1) is 12.1. The van der Waals surface area contributed by atoms with Gasteiger partial charge in [0.2, 0.25) is 0 Å². The average molecular weight is 359 g/mol. The topological polar surface area (TPSA) is 82.2 Å². The maximum absolute atomic E-state index is 12.7. The molecule has 25 heavy (non-hydrogen) atoms. The van der Waals surface area contributed by atoms with Gasteiger partial charge in [-0.15, -0.1) is 11.3 Å². The van der Waals surface area contributed by atoms with E-state index >= 15 is 0 Å². The summed E-state index contributed by atoms with van der Waals surface area (Å²) in [7, 11) is 0. The number of aryl methyl sites for hydroxylation is 1. The molecular weight excluding hydrogens is 338 g/mol. The number of aromatic amines is 1. The van der Waals surface area contributed by atoms with Crippen LogP contribution in [0.25, 0.3) is 0 Å². The predicted molar refractivity (Wildman–Crippen MR) is 93.5 cm³/mol. The van der Waals surface area contributed by atoms with E-state index in [9.17, 15) is 9.59 Å². The molecule has 7 nitrogen and oxygen atoms in total. The molecule has 8 heteroatoms. The number of carbonyl (C=O) groups excluding carboxylic acids is 2. The van der Waals surface area contributed by atoms with E-state index in [-0.39, 0.29) is 17.9 Å². The standard InChI is InChI=1S/C17H21N5O2S/c1-11-7-13(20-19-11)16(23)21-6-4-15-12(8-21)3-2-5-22(15)17(24)14-9-25-10-18-14/h7,9-10,12,15H,2-6,8H2,1H3,(H,19,20). The van der Waals surface area contributed by atoms with Crippen molar-refractivity contribution in [2.45, 2.75) is 32.2 Å². The Labute approximate surface area is 150 Å². The Morgan fingerprint density at radius 2 is 2.12 bits per heavy atom. The number of piperidine rings is 2. The Morgan fingerprint density at radius 3 is 2.84 bits per heavy atom. The Morgan fingerprint density at radius 1 is 1.24 bits per heavy atom. The lowest BCUT2D eigenvalue weighted by Crippen LogP contribution is -2.56. The van der Waals surface area contributed by atoms with Gasteiger partial charge in [0, 0.05) is 36.8 Å². The second-order valence-corrected chi connectivity index (χ2v) is 7.54. The number of amides is 2. The number of aromatic nitrogens is 3. The Kier molecular flexibility index (Phi) is 4.29. The zero-order valence-corrected chi connectivity index (χ0v) is 15.0. The molecule has 0 spiro atoms. The second-order valence-electron chi connectivity index (χ2n) is 6.82. The molecule has 132 valence electrons. The van der Waals surface area contributed by atoms with Crippen LogP contribution in [0.1, 0.15) is 45.9 Å². The van der Waals surface area contributed by atoms with E-state index in [1.54, 1.807) is 11.6 Å². The second kappa shape index (κ2) is 6.59. The highest BCUT2D eigenvalue weighted by Gasteiger charge is 2.40. The molecule has 2 unspecified atom stereocenters. The number of hydrogen-bond donors (Lipinski definition) is 1. The van der Waals surface area contributed by atoms with E-state index in [1.807, 2.05) is 22.1 Å². The molecule has 2 atom stereocenters. The van der Waals surface area contributed by atoms with Crippen molar-refractivity contribution in [2.24, 2.45) is 5.92 Å². The number of nitrogens with one attached hydrogen (secondary N) is 1. The number of carbonyl (C=O) groups is 2. The summed E-state index contributed by atoms with van der Waals surface area (Å²) in [4.78, 5) is 33.4. The normalized spacial score (nSPS) is 23.4. The van der Waals surface area contributed by atoms with Gasteiger partial charge in [-0.2, -0.15) is 5.10 Å². The maximum atomic E-state index is 12.7. The van der Waals surface area contributed by atoms with E-state index in [4.69, 9.17) is 0 Å². The molecule has 2 aliphatic rings. The molecule has 0 aliphatic carbocycles. The number of hydrogen-bond acceptors (Lipinski definition) is 5. The SMILES string of the molecule is Cc1cc(C(=O)N2CCC3C(CCCN3C(=O)c3cscn3)C2)n[nH]1. The number of nitrogens with zero attached hydrogens (tertiary/aromatic N) is 4. The van der Waals surface area contributed by atoms with Crippen molar-refractivity contribution in [2.75, 3.05) is 19.6 Å². The van der Waals surface area contributed by atoms with Crippen molar-refractivity contribution in [1.82, 2.24) is 25.0 Å². The highest BCUT2D eigenvalue weighted by molar-refractivity contribution is 7.07. The van der Waals surface area contributed by atoms with Crippen LogP contribution in [0, 0.1) is 12.8 Å². The summed E-state index contributed by atoms with van der Waals surface area (Å²) in [6.07, 6.45) is 2.84. The molecule has 2 fully saturated rings. The van der Waals surface area contributed by atoms with Crippen molar-refractivity contribution >= 4 is 23.2 Å². The lowest BCUT2D eigenvalue weighted by atomic mass is 9.83. The maximum Gasteiger partial charge on any atom is 0.274 e. The Bertz CT molecular complexity index is 772. The van der Waals surface area contributed by atoms with Crippen LogP contribution in [-0.4, -0.2) is 62.5 Å². The van der Waals surface area contributed by atoms with Crippen LogP contribution in [0.5, 0.6) is 0 Å². The summed E-state index contributed by atoms with van der Waals surface area (Å²) in [6, 6.07) is 1.99. The molecule has 2 amide bonds. The van der Waals surface area contributed by atoms with E-state index in [1.165, 1.54) is 11.3 Å². The van der Waals surface area contributed by atoms with Gasteiger partial charge in [0.05, 0.1) is 5.51 Å². The van der Waals surface area contributed by atoms with Crippen LogP contribution in [0.2, 0.25) is 0 Å². The largest absolute Gasteiger partial charge is 0.337 e. The van der Waals surface area contributed by atoms with E-state index < -0.39 is 0 Å². The first-order valence-electron chi connectivity index (χ1n) is 8.64. The zero-order valence-electron chi connectivity index (χ0n) is 14.1. The molecule has 2 aromatic rings. The average Bonchev–Trinajstić information content (AvgIpc) is 3.31. The third-order valence-electron chi connectivity index (χ3n) is 5.19. The van der Waals surface area contributed by atoms with Gasteiger partial charge in [0.25, 0.3) is 11.8 Å². The minimum absolute atomic E-state index is 0.0225. The third-order valence-corrected chi connectivity index (χ3v) is 5.78. The number of fused-ring (bicyclic) bond motifs is 1. The number of rotatable bonds is 2. The van der Waals surface area contributed by atoms with E-state index in [2.05, 4.69) is 15.2 Å². The minimum Gasteiger partial charge on any atom is -0.337 e. The fourth-order valence-electron chi connectivity index (χ4n) is 3.99. The summed E-state index contributed by atoms with van der Waals surface area (Å²) in [5.74, 6) is 0.332. The first-order valence-corrected chi connectivity index (χ1v) is 9.58. The lowest BCUT2D eigenvalue weighted by molar-refractivity contribution is 0.0192. The van der Waals surface area contributed by atoms with Gasteiger partial charge in [0.15, 0.2) is 0 Å². The molecule has 2 aromatic heterocycles. The molecule has 4 heterocycles. The number of H-pyrrole nitrogens is 1. The minimum atomic E-state index is -0.0225. The summed E-state index contributed by atoms with van der Waals surface area (Å²) < 4.78 is 0. The summed E-state index contributed by atoms with van der Waals surface area (Å²) in [5, 5.41) is 8.72. The van der Waals surface area contributed by atoms with Crippen LogP contribution < -0.4 is 0 Å².